The molecular weight excluding hydrogens is 298 g/mol. The predicted octanol–water partition coefficient (Wildman–Crippen LogP) is 3.43. The largest absolute Gasteiger partial charge is 0.497 e. The fraction of sp³-hybridized carbons (Fsp3) is 0.176. The van der Waals surface area contributed by atoms with Crippen LogP contribution in [0.3, 0.4) is 0 Å². The fourth-order valence-corrected chi connectivity index (χ4v) is 3.67. The molecule has 22 heavy (non-hydrogen) atoms. The van der Waals surface area contributed by atoms with E-state index in [1.807, 2.05) is 55.5 Å². The number of methoxy groups -OCH3 is 1. The Kier molecular flexibility index (Phi) is 3.45. The molecule has 0 fully saturated rings. The highest BCUT2D eigenvalue weighted by Crippen LogP contribution is 2.31. The lowest BCUT2D eigenvalue weighted by molar-refractivity contribution is 0.415. The quantitative estimate of drug-likeness (QED) is 0.744. The van der Waals surface area contributed by atoms with E-state index < -0.39 is 10.0 Å². The van der Waals surface area contributed by atoms with Gasteiger partial charge in [-0.2, -0.15) is 0 Å². The van der Waals surface area contributed by atoms with E-state index in [-0.39, 0.29) is 0 Å². The minimum atomic E-state index is -3.41. The van der Waals surface area contributed by atoms with Crippen LogP contribution in [0.1, 0.15) is 5.56 Å². The molecule has 4 nitrogen and oxygen atoms in total. The van der Waals surface area contributed by atoms with Crippen LogP contribution >= 0.6 is 0 Å². The number of hydrogen-bond donors (Lipinski definition) is 0. The van der Waals surface area contributed by atoms with Gasteiger partial charge in [-0.1, -0.05) is 11.6 Å². The van der Waals surface area contributed by atoms with Gasteiger partial charge in [0.05, 0.1) is 24.6 Å². The molecule has 0 aliphatic heterocycles. The van der Waals surface area contributed by atoms with Crippen LogP contribution in [-0.4, -0.2) is 25.8 Å². The second kappa shape index (κ2) is 5.18. The number of ether oxygens (including phenoxy) is 1. The standard InChI is InChI=1S/C17H17NO3S/c1-12-4-9-16-14(10-12)11-17(18(16)22(3,19)20)13-5-7-15(21-2)8-6-13/h4-11H,1-3H3. The smallest absolute Gasteiger partial charge is 0.236 e. The third-order valence-electron chi connectivity index (χ3n) is 3.63. The molecule has 1 heterocycles. The first-order valence-corrected chi connectivity index (χ1v) is 8.72. The van der Waals surface area contributed by atoms with E-state index in [9.17, 15) is 8.42 Å². The van der Waals surface area contributed by atoms with Gasteiger partial charge in [-0.05, 0) is 55.0 Å². The molecule has 0 saturated heterocycles. The van der Waals surface area contributed by atoms with Crippen molar-refractivity contribution in [3.05, 3.63) is 54.1 Å². The van der Waals surface area contributed by atoms with E-state index in [4.69, 9.17) is 4.74 Å². The molecule has 0 saturated carbocycles. The molecule has 3 aromatic rings. The first-order chi connectivity index (χ1) is 10.4. The molecule has 114 valence electrons. The molecule has 0 aliphatic carbocycles. The van der Waals surface area contributed by atoms with Gasteiger partial charge in [0.25, 0.3) is 0 Å². The summed E-state index contributed by atoms with van der Waals surface area (Å²) < 4.78 is 31.0. The maximum Gasteiger partial charge on any atom is 0.236 e. The van der Waals surface area contributed by atoms with Gasteiger partial charge in [0, 0.05) is 5.39 Å². The van der Waals surface area contributed by atoms with Gasteiger partial charge < -0.3 is 4.74 Å². The Balaban J connectivity index is 2.32. The van der Waals surface area contributed by atoms with Crippen molar-refractivity contribution in [2.24, 2.45) is 0 Å². The summed E-state index contributed by atoms with van der Waals surface area (Å²) in [6.45, 7) is 1.99. The normalized spacial score (nSPS) is 11.8. The van der Waals surface area contributed by atoms with Crippen molar-refractivity contribution < 1.29 is 13.2 Å². The number of aromatic nitrogens is 1. The van der Waals surface area contributed by atoms with Gasteiger partial charge in [0.15, 0.2) is 0 Å². The van der Waals surface area contributed by atoms with E-state index in [1.54, 1.807) is 7.11 Å². The van der Waals surface area contributed by atoms with Gasteiger partial charge in [-0.3, -0.25) is 0 Å². The van der Waals surface area contributed by atoms with Crippen LogP contribution < -0.4 is 4.74 Å². The van der Waals surface area contributed by atoms with Gasteiger partial charge in [-0.15, -0.1) is 0 Å². The number of nitrogens with zero attached hydrogens (tertiary/aromatic N) is 1. The number of benzene rings is 2. The summed E-state index contributed by atoms with van der Waals surface area (Å²) in [5, 5.41) is 0.913. The van der Waals surface area contributed by atoms with Crippen molar-refractivity contribution in [1.82, 2.24) is 3.97 Å². The minimum Gasteiger partial charge on any atom is -0.497 e. The summed E-state index contributed by atoms with van der Waals surface area (Å²) in [4.78, 5) is 0. The van der Waals surface area contributed by atoms with Crippen molar-refractivity contribution in [3.63, 3.8) is 0 Å². The topological polar surface area (TPSA) is 48.3 Å². The molecule has 1 aromatic heterocycles. The van der Waals surface area contributed by atoms with Crippen LogP contribution in [-0.2, 0) is 10.0 Å². The molecule has 0 unspecified atom stereocenters. The number of aryl methyl sites for hydroxylation is 1. The Morgan fingerprint density at radius 1 is 1.00 bits per heavy atom. The molecular formula is C17H17NO3S. The van der Waals surface area contributed by atoms with Gasteiger partial charge in [0.1, 0.15) is 5.75 Å². The van der Waals surface area contributed by atoms with Crippen LogP contribution in [0.4, 0.5) is 0 Å². The lowest BCUT2D eigenvalue weighted by Gasteiger charge is -2.09. The summed E-state index contributed by atoms with van der Waals surface area (Å²) in [6, 6.07) is 15.0. The lowest BCUT2D eigenvalue weighted by atomic mass is 10.1. The maximum atomic E-state index is 12.2. The van der Waals surface area contributed by atoms with Crippen molar-refractivity contribution >= 4 is 20.9 Å². The summed E-state index contributed by atoms with van der Waals surface area (Å²) in [5.74, 6) is 0.738. The molecule has 0 atom stereocenters. The Bertz CT molecular complexity index is 938. The molecule has 0 amide bonds. The van der Waals surface area contributed by atoms with Gasteiger partial charge >= 0.3 is 0 Å². The van der Waals surface area contributed by atoms with Crippen LogP contribution in [0.15, 0.2) is 48.5 Å². The zero-order valence-electron chi connectivity index (χ0n) is 12.7. The highest BCUT2D eigenvalue weighted by atomic mass is 32.2. The molecule has 0 bridgehead atoms. The van der Waals surface area contributed by atoms with Crippen molar-refractivity contribution in [2.75, 3.05) is 13.4 Å². The van der Waals surface area contributed by atoms with Crippen LogP contribution in [0, 0.1) is 6.92 Å². The monoisotopic (exact) mass is 315 g/mol. The SMILES string of the molecule is COc1ccc(-c2cc3cc(C)ccc3n2S(C)(=O)=O)cc1. The highest BCUT2D eigenvalue weighted by Gasteiger charge is 2.17. The minimum absolute atomic E-state index is 0.658. The second-order valence-electron chi connectivity index (χ2n) is 5.35. The summed E-state index contributed by atoms with van der Waals surface area (Å²) >= 11 is 0. The van der Waals surface area contributed by atoms with E-state index in [1.165, 1.54) is 10.2 Å². The Morgan fingerprint density at radius 2 is 1.68 bits per heavy atom. The molecule has 3 rings (SSSR count). The highest BCUT2D eigenvalue weighted by molar-refractivity contribution is 7.89. The molecule has 5 heteroatoms. The van der Waals surface area contributed by atoms with Gasteiger partial charge in [0.2, 0.25) is 10.0 Å². The summed E-state index contributed by atoms with van der Waals surface area (Å²) in [5.41, 5.74) is 3.28. The number of rotatable bonds is 3. The third-order valence-corrected chi connectivity index (χ3v) is 4.69. The number of hydrogen-bond acceptors (Lipinski definition) is 3. The molecule has 0 aliphatic rings. The maximum absolute atomic E-state index is 12.2. The summed E-state index contributed by atoms with van der Waals surface area (Å²) in [6.07, 6.45) is 1.22. The summed E-state index contributed by atoms with van der Waals surface area (Å²) in [7, 11) is -1.81. The average molecular weight is 315 g/mol. The Hall–Kier alpha value is -2.27. The molecule has 0 N–H and O–H groups in total. The number of fused-ring (bicyclic) bond motifs is 1. The van der Waals surface area contributed by atoms with E-state index in [2.05, 4.69) is 0 Å². The second-order valence-corrected chi connectivity index (χ2v) is 7.18. The fourth-order valence-electron chi connectivity index (χ4n) is 2.63. The average Bonchev–Trinajstić information content (AvgIpc) is 2.85. The first-order valence-electron chi connectivity index (χ1n) is 6.87. The van der Waals surface area contributed by atoms with Gasteiger partial charge in [-0.25, -0.2) is 12.4 Å². The molecule has 2 aromatic carbocycles. The molecule has 0 spiro atoms. The van der Waals surface area contributed by atoms with E-state index >= 15 is 0 Å². The van der Waals surface area contributed by atoms with Crippen molar-refractivity contribution in [3.8, 4) is 17.0 Å². The van der Waals surface area contributed by atoms with Crippen LogP contribution in [0.2, 0.25) is 0 Å². The molecule has 0 radical (unpaired) electrons. The zero-order valence-corrected chi connectivity index (χ0v) is 13.5. The van der Waals surface area contributed by atoms with Crippen molar-refractivity contribution in [2.45, 2.75) is 6.92 Å². The zero-order chi connectivity index (χ0) is 15.9. The van der Waals surface area contributed by atoms with Crippen molar-refractivity contribution in [1.29, 1.82) is 0 Å². The predicted molar refractivity (Wildman–Crippen MR) is 88.9 cm³/mol. The Labute approximate surface area is 130 Å². The van der Waals surface area contributed by atoms with Crippen LogP contribution in [0.25, 0.3) is 22.2 Å². The first kappa shape index (κ1) is 14.7. The Morgan fingerprint density at radius 3 is 2.27 bits per heavy atom. The van der Waals surface area contributed by atoms with E-state index in [0.717, 1.165) is 22.3 Å². The van der Waals surface area contributed by atoms with Crippen LogP contribution in [0.5, 0.6) is 5.75 Å². The third kappa shape index (κ3) is 2.48. The lowest BCUT2D eigenvalue weighted by Crippen LogP contribution is -2.11. The van der Waals surface area contributed by atoms with E-state index in [0.29, 0.717) is 11.2 Å².